The summed E-state index contributed by atoms with van der Waals surface area (Å²) in [5.41, 5.74) is 2.42. The summed E-state index contributed by atoms with van der Waals surface area (Å²) in [6.07, 6.45) is 0. The third-order valence-corrected chi connectivity index (χ3v) is 5.26. The zero-order chi connectivity index (χ0) is 15.6. The highest BCUT2D eigenvalue weighted by Crippen LogP contribution is 2.29. The van der Waals surface area contributed by atoms with E-state index in [2.05, 4.69) is 20.7 Å². The second-order valence-corrected chi connectivity index (χ2v) is 7.23. The Morgan fingerprint density at radius 1 is 1.05 bits per heavy atom. The molecule has 0 saturated heterocycles. The van der Waals surface area contributed by atoms with Gasteiger partial charge in [0.25, 0.3) is 10.0 Å². The van der Waals surface area contributed by atoms with Crippen molar-refractivity contribution in [2.24, 2.45) is 0 Å². The number of hydrogen-bond acceptors (Lipinski definition) is 3. The summed E-state index contributed by atoms with van der Waals surface area (Å²) in [4.78, 5) is 0.236. The number of hydrogen-bond donors (Lipinski definition) is 1. The maximum absolute atomic E-state index is 12.4. The fourth-order valence-electron chi connectivity index (χ4n) is 1.79. The van der Waals surface area contributed by atoms with Crippen LogP contribution in [-0.4, -0.2) is 15.5 Å². The first-order valence-corrected chi connectivity index (χ1v) is 8.55. The van der Waals surface area contributed by atoms with Crippen molar-refractivity contribution in [1.29, 1.82) is 0 Å². The average Bonchev–Trinajstić information content (AvgIpc) is 2.44. The molecule has 0 amide bonds. The van der Waals surface area contributed by atoms with Gasteiger partial charge in [-0.25, -0.2) is 8.42 Å². The first-order valence-electron chi connectivity index (χ1n) is 6.27. The highest BCUT2D eigenvalue weighted by atomic mass is 79.9. The van der Waals surface area contributed by atoms with Crippen molar-refractivity contribution in [2.45, 2.75) is 18.7 Å². The molecule has 0 aliphatic rings. The van der Waals surface area contributed by atoms with E-state index in [0.29, 0.717) is 15.9 Å². The number of sulfonamides is 1. The van der Waals surface area contributed by atoms with Crippen molar-refractivity contribution in [3.63, 3.8) is 0 Å². The molecule has 2 aromatic rings. The largest absolute Gasteiger partial charge is 0.497 e. The Morgan fingerprint density at radius 2 is 1.76 bits per heavy atom. The molecule has 0 spiro atoms. The molecule has 0 radical (unpaired) electrons. The van der Waals surface area contributed by atoms with Gasteiger partial charge in [-0.3, -0.25) is 4.72 Å². The van der Waals surface area contributed by atoms with Crippen LogP contribution in [0, 0.1) is 13.8 Å². The van der Waals surface area contributed by atoms with E-state index < -0.39 is 10.0 Å². The van der Waals surface area contributed by atoms with E-state index in [0.717, 1.165) is 11.1 Å². The third-order valence-electron chi connectivity index (χ3n) is 3.21. The monoisotopic (exact) mass is 369 g/mol. The molecule has 21 heavy (non-hydrogen) atoms. The van der Waals surface area contributed by atoms with Crippen LogP contribution in [0.4, 0.5) is 5.69 Å². The summed E-state index contributed by atoms with van der Waals surface area (Å²) in [5, 5.41) is 0. The Labute approximate surface area is 133 Å². The van der Waals surface area contributed by atoms with Crippen LogP contribution in [-0.2, 0) is 10.0 Å². The summed E-state index contributed by atoms with van der Waals surface area (Å²) in [5.74, 6) is 0.580. The van der Waals surface area contributed by atoms with Gasteiger partial charge in [0.05, 0.1) is 17.7 Å². The normalized spacial score (nSPS) is 11.2. The zero-order valence-electron chi connectivity index (χ0n) is 12.0. The molecule has 0 saturated carbocycles. The van der Waals surface area contributed by atoms with Crippen LogP contribution >= 0.6 is 15.9 Å². The summed E-state index contributed by atoms with van der Waals surface area (Å²) >= 11 is 3.33. The van der Waals surface area contributed by atoms with Crippen molar-refractivity contribution >= 4 is 31.6 Å². The molecule has 0 aromatic heterocycles. The van der Waals surface area contributed by atoms with Crippen LogP contribution in [0.5, 0.6) is 5.75 Å². The van der Waals surface area contributed by atoms with E-state index in [1.54, 1.807) is 36.4 Å². The van der Waals surface area contributed by atoms with E-state index in [4.69, 9.17) is 4.74 Å². The fourth-order valence-corrected chi connectivity index (χ4v) is 3.43. The summed E-state index contributed by atoms with van der Waals surface area (Å²) < 4.78 is 33.2. The van der Waals surface area contributed by atoms with Crippen molar-refractivity contribution in [1.82, 2.24) is 0 Å². The highest BCUT2D eigenvalue weighted by molar-refractivity contribution is 9.10. The summed E-state index contributed by atoms with van der Waals surface area (Å²) in [7, 11) is -2.10. The molecule has 112 valence electrons. The molecule has 1 N–H and O–H groups in total. The first kappa shape index (κ1) is 15.9. The van der Waals surface area contributed by atoms with Crippen molar-refractivity contribution < 1.29 is 13.2 Å². The molecule has 0 heterocycles. The minimum absolute atomic E-state index is 0.236. The van der Waals surface area contributed by atoms with Gasteiger partial charge in [0.1, 0.15) is 5.75 Å². The van der Waals surface area contributed by atoms with Crippen LogP contribution in [0.25, 0.3) is 0 Å². The van der Waals surface area contributed by atoms with Gasteiger partial charge < -0.3 is 4.74 Å². The Kier molecular flexibility index (Phi) is 4.58. The number of nitrogens with one attached hydrogen (secondary N) is 1. The number of benzene rings is 2. The minimum atomic E-state index is -3.64. The summed E-state index contributed by atoms with van der Waals surface area (Å²) in [6, 6.07) is 10.2. The van der Waals surface area contributed by atoms with E-state index in [-0.39, 0.29) is 4.90 Å². The second kappa shape index (κ2) is 6.07. The molecule has 0 fully saturated rings. The molecule has 0 aliphatic heterocycles. The van der Waals surface area contributed by atoms with Gasteiger partial charge in [-0.2, -0.15) is 0 Å². The number of ether oxygens (including phenoxy) is 1. The fraction of sp³-hybridized carbons (Fsp3) is 0.200. The smallest absolute Gasteiger partial charge is 0.261 e. The second-order valence-electron chi connectivity index (χ2n) is 4.70. The van der Waals surface area contributed by atoms with Gasteiger partial charge in [-0.05, 0) is 65.2 Å². The maximum atomic E-state index is 12.4. The van der Waals surface area contributed by atoms with Crippen molar-refractivity contribution in [3.05, 3.63) is 52.0 Å². The lowest BCUT2D eigenvalue weighted by atomic mass is 10.1. The number of methoxy groups -OCH3 is 1. The van der Waals surface area contributed by atoms with Gasteiger partial charge >= 0.3 is 0 Å². The Morgan fingerprint density at radius 3 is 2.38 bits per heavy atom. The molecule has 2 rings (SSSR count). The third kappa shape index (κ3) is 3.57. The molecule has 2 aromatic carbocycles. The lowest BCUT2D eigenvalue weighted by molar-refractivity contribution is 0.415. The van der Waals surface area contributed by atoms with E-state index in [1.165, 1.54) is 7.11 Å². The average molecular weight is 370 g/mol. The van der Waals surface area contributed by atoms with Gasteiger partial charge in [-0.1, -0.05) is 6.07 Å². The van der Waals surface area contributed by atoms with E-state index >= 15 is 0 Å². The van der Waals surface area contributed by atoms with E-state index in [1.807, 2.05) is 13.8 Å². The molecular weight excluding hydrogens is 354 g/mol. The Bertz CT molecular complexity index is 772. The molecule has 0 bridgehead atoms. The maximum Gasteiger partial charge on any atom is 0.261 e. The van der Waals surface area contributed by atoms with Crippen LogP contribution < -0.4 is 9.46 Å². The molecule has 0 unspecified atom stereocenters. The van der Waals surface area contributed by atoms with Crippen LogP contribution in [0.3, 0.4) is 0 Å². The summed E-state index contributed by atoms with van der Waals surface area (Å²) in [6.45, 7) is 3.83. The predicted molar refractivity (Wildman–Crippen MR) is 87.4 cm³/mol. The van der Waals surface area contributed by atoms with Crippen LogP contribution in [0.15, 0.2) is 45.8 Å². The molecular formula is C15H16BrNO3S. The topological polar surface area (TPSA) is 55.4 Å². The molecule has 0 aliphatic carbocycles. The van der Waals surface area contributed by atoms with Gasteiger partial charge in [-0.15, -0.1) is 0 Å². The van der Waals surface area contributed by atoms with Crippen molar-refractivity contribution in [3.8, 4) is 5.75 Å². The molecule has 4 nitrogen and oxygen atoms in total. The number of halogens is 1. The van der Waals surface area contributed by atoms with Crippen molar-refractivity contribution in [2.75, 3.05) is 11.8 Å². The van der Waals surface area contributed by atoms with Crippen LogP contribution in [0.2, 0.25) is 0 Å². The lowest BCUT2D eigenvalue weighted by Gasteiger charge is -2.12. The SMILES string of the molecule is COc1ccc(Br)c(NS(=O)(=O)c2ccc(C)c(C)c2)c1. The number of anilines is 1. The van der Waals surface area contributed by atoms with Crippen LogP contribution in [0.1, 0.15) is 11.1 Å². The highest BCUT2D eigenvalue weighted by Gasteiger charge is 2.16. The van der Waals surface area contributed by atoms with Gasteiger partial charge in [0.15, 0.2) is 0 Å². The van der Waals surface area contributed by atoms with E-state index in [9.17, 15) is 8.42 Å². The Hall–Kier alpha value is -1.53. The minimum Gasteiger partial charge on any atom is -0.497 e. The predicted octanol–water partition coefficient (Wildman–Crippen LogP) is 3.88. The molecule has 6 heteroatoms. The first-order chi connectivity index (χ1) is 9.83. The number of rotatable bonds is 4. The van der Waals surface area contributed by atoms with Gasteiger partial charge in [0, 0.05) is 10.5 Å². The van der Waals surface area contributed by atoms with Gasteiger partial charge in [0.2, 0.25) is 0 Å². The quantitative estimate of drug-likeness (QED) is 0.889. The lowest BCUT2D eigenvalue weighted by Crippen LogP contribution is -2.13. The molecule has 0 atom stereocenters. The number of aryl methyl sites for hydroxylation is 2. The standard InChI is InChI=1S/C15H16BrNO3S/c1-10-4-6-13(8-11(10)2)21(18,19)17-15-9-12(20-3)5-7-14(15)16/h4-9,17H,1-3H3. The Balaban J connectivity index is 2.39. The zero-order valence-corrected chi connectivity index (χ0v) is 14.4.